The molecular formula is C9H11FN2O2S. The maximum atomic E-state index is 12.5. The quantitative estimate of drug-likeness (QED) is 0.577. The SMILES string of the molecule is CN(C)/C=N/S(=O)(=O)c1ccc(F)cc1. The first kappa shape index (κ1) is 11.6. The molecule has 0 aliphatic heterocycles. The summed E-state index contributed by atoms with van der Waals surface area (Å²) in [5.74, 6) is -0.481. The summed E-state index contributed by atoms with van der Waals surface area (Å²) in [6.07, 6.45) is 1.18. The molecule has 1 aromatic carbocycles. The predicted octanol–water partition coefficient (Wildman–Crippen LogP) is 1.10. The van der Waals surface area contributed by atoms with Crippen molar-refractivity contribution in [3.63, 3.8) is 0 Å². The maximum Gasteiger partial charge on any atom is 0.283 e. The van der Waals surface area contributed by atoms with Crippen LogP contribution in [-0.2, 0) is 10.0 Å². The van der Waals surface area contributed by atoms with Crippen molar-refractivity contribution in [3.8, 4) is 0 Å². The third-order valence-corrected chi connectivity index (χ3v) is 2.77. The average Bonchev–Trinajstić information content (AvgIpc) is 2.16. The Bertz CT molecular complexity index is 452. The zero-order chi connectivity index (χ0) is 11.5. The maximum absolute atomic E-state index is 12.5. The molecule has 1 rings (SSSR count). The van der Waals surface area contributed by atoms with Crippen LogP contribution >= 0.6 is 0 Å². The summed E-state index contributed by atoms with van der Waals surface area (Å²) in [7, 11) is -0.398. The van der Waals surface area contributed by atoms with Gasteiger partial charge in [-0.1, -0.05) is 0 Å². The fourth-order valence-electron chi connectivity index (χ4n) is 0.824. The molecule has 0 fully saturated rings. The summed E-state index contributed by atoms with van der Waals surface area (Å²) in [4.78, 5) is 1.48. The zero-order valence-electron chi connectivity index (χ0n) is 8.38. The number of nitrogens with zero attached hydrogens (tertiary/aromatic N) is 2. The minimum Gasteiger partial charge on any atom is -0.368 e. The molecule has 0 aliphatic rings. The van der Waals surface area contributed by atoms with E-state index >= 15 is 0 Å². The summed E-state index contributed by atoms with van der Waals surface area (Å²) in [5.41, 5.74) is 0. The number of rotatable bonds is 3. The second-order valence-electron chi connectivity index (χ2n) is 3.11. The van der Waals surface area contributed by atoms with Crippen molar-refractivity contribution in [3.05, 3.63) is 30.1 Å². The molecular weight excluding hydrogens is 219 g/mol. The predicted molar refractivity (Wildman–Crippen MR) is 55.8 cm³/mol. The second-order valence-corrected chi connectivity index (χ2v) is 4.75. The Morgan fingerprint density at radius 1 is 1.27 bits per heavy atom. The van der Waals surface area contributed by atoms with Gasteiger partial charge in [0.2, 0.25) is 0 Å². The van der Waals surface area contributed by atoms with Crippen LogP contribution in [0.15, 0.2) is 33.6 Å². The van der Waals surface area contributed by atoms with Crippen LogP contribution in [0.2, 0.25) is 0 Å². The summed E-state index contributed by atoms with van der Waals surface area (Å²) < 4.78 is 39.0. The molecule has 4 nitrogen and oxygen atoms in total. The van der Waals surface area contributed by atoms with Crippen LogP contribution in [-0.4, -0.2) is 33.8 Å². The molecule has 0 atom stereocenters. The van der Waals surface area contributed by atoms with Gasteiger partial charge in [-0.05, 0) is 24.3 Å². The molecule has 0 heterocycles. The minimum atomic E-state index is -3.71. The lowest BCUT2D eigenvalue weighted by Crippen LogP contribution is -2.10. The van der Waals surface area contributed by atoms with Crippen LogP contribution in [0.5, 0.6) is 0 Å². The van der Waals surface area contributed by atoms with Gasteiger partial charge in [0.25, 0.3) is 10.0 Å². The number of benzene rings is 1. The van der Waals surface area contributed by atoms with Gasteiger partial charge in [0, 0.05) is 14.1 Å². The fourth-order valence-corrected chi connectivity index (χ4v) is 1.74. The molecule has 0 amide bonds. The molecule has 15 heavy (non-hydrogen) atoms. The van der Waals surface area contributed by atoms with Crippen LogP contribution in [0, 0.1) is 5.82 Å². The van der Waals surface area contributed by atoms with Gasteiger partial charge in [0.1, 0.15) is 12.2 Å². The highest BCUT2D eigenvalue weighted by Gasteiger charge is 2.11. The lowest BCUT2D eigenvalue weighted by atomic mass is 10.4. The Hall–Kier alpha value is -1.43. The first-order valence-electron chi connectivity index (χ1n) is 4.14. The average molecular weight is 230 g/mol. The summed E-state index contributed by atoms with van der Waals surface area (Å²) in [5, 5.41) is 0. The number of halogens is 1. The van der Waals surface area contributed by atoms with Crippen LogP contribution in [0.4, 0.5) is 4.39 Å². The summed E-state index contributed by atoms with van der Waals surface area (Å²) >= 11 is 0. The molecule has 0 radical (unpaired) electrons. The van der Waals surface area contributed by atoms with Crippen molar-refractivity contribution in [2.45, 2.75) is 4.90 Å². The monoisotopic (exact) mass is 230 g/mol. The van der Waals surface area contributed by atoms with E-state index in [9.17, 15) is 12.8 Å². The third kappa shape index (κ3) is 3.32. The van der Waals surface area contributed by atoms with Gasteiger partial charge in [-0.3, -0.25) is 0 Å². The van der Waals surface area contributed by atoms with Gasteiger partial charge in [-0.15, -0.1) is 4.40 Å². The lowest BCUT2D eigenvalue weighted by Gasteiger charge is -2.02. The van der Waals surface area contributed by atoms with E-state index in [1.165, 1.54) is 23.4 Å². The zero-order valence-corrected chi connectivity index (χ0v) is 9.20. The Kier molecular flexibility index (Phi) is 3.41. The molecule has 0 bridgehead atoms. The Labute approximate surface area is 88.1 Å². The first-order chi connectivity index (χ1) is 6.92. The van der Waals surface area contributed by atoms with Crippen molar-refractivity contribution >= 4 is 16.4 Å². The van der Waals surface area contributed by atoms with Gasteiger partial charge in [-0.2, -0.15) is 8.42 Å². The van der Waals surface area contributed by atoms with E-state index in [4.69, 9.17) is 0 Å². The molecule has 0 aromatic heterocycles. The van der Waals surface area contributed by atoms with Crippen molar-refractivity contribution in [1.29, 1.82) is 0 Å². The number of hydrogen-bond donors (Lipinski definition) is 0. The molecule has 0 spiro atoms. The first-order valence-corrected chi connectivity index (χ1v) is 5.58. The summed E-state index contributed by atoms with van der Waals surface area (Å²) in [6.45, 7) is 0. The molecule has 1 aromatic rings. The topological polar surface area (TPSA) is 49.7 Å². The smallest absolute Gasteiger partial charge is 0.283 e. The van der Waals surface area contributed by atoms with E-state index in [0.29, 0.717) is 0 Å². The van der Waals surface area contributed by atoms with Gasteiger partial charge in [0.05, 0.1) is 4.90 Å². The van der Waals surface area contributed by atoms with Gasteiger partial charge in [0.15, 0.2) is 0 Å². The third-order valence-electron chi connectivity index (χ3n) is 1.53. The Morgan fingerprint density at radius 2 is 1.80 bits per heavy atom. The largest absolute Gasteiger partial charge is 0.368 e. The van der Waals surface area contributed by atoms with Gasteiger partial charge in [-0.25, -0.2) is 4.39 Å². The molecule has 6 heteroatoms. The van der Waals surface area contributed by atoms with Crippen LogP contribution in [0.3, 0.4) is 0 Å². The molecule has 0 unspecified atom stereocenters. The van der Waals surface area contributed by atoms with Crippen LogP contribution in [0.25, 0.3) is 0 Å². The minimum absolute atomic E-state index is 0.0259. The lowest BCUT2D eigenvalue weighted by molar-refractivity contribution is 0.593. The van der Waals surface area contributed by atoms with E-state index in [1.54, 1.807) is 14.1 Å². The van der Waals surface area contributed by atoms with E-state index in [2.05, 4.69) is 4.40 Å². The Balaban J connectivity index is 3.02. The van der Waals surface area contributed by atoms with Crippen LogP contribution in [0.1, 0.15) is 0 Å². The molecule has 0 saturated heterocycles. The van der Waals surface area contributed by atoms with E-state index in [1.807, 2.05) is 0 Å². The normalized spacial score (nSPS) is 11.9. The fraction of sp³-hybridized carbons (Fsp3) is 0.222. The standard InChI is InChI=1S/C9H11FN2O2S/c1-12(2)7-11-15(13,14)9-5-3-8(10)4-6-9/h3-7H,1-2H3/b11-7+. The van der Waals surface area contributed by atoms with Gasteiger partial charge >= 0.3 is 0 Å². The molecule has 82 valence electrons. The molecule has 0 saturated carbocycles. The summed E-state index contributed by atoms with van der Waals surface area (Å²) in [6, 6.07) is 4.52. The van der Waals surface area contributed by atoms with Gasteiger partial charge < -0.3 is 4.90 Å². The molecule has 0 aliphatic carbocycles. The highest BCUT2D eigenvalue weighted by atomic mass is 32.2. The van der Waals surface area contributed by atoms with E-state index in [-0.39, 0.29) is 4.90 Å². The van der Waals surface area contributed by atoms with E-state index < -0.39 is 15.8 Å². The van der Waals surface area contributed by atoms with E-state index in [0.717, 1.165) is 12.1 Å². The second kappa shape index (κ2) is 4.39. The van der Waals surface area contributed by atoms with Crippen molar-refractivity contribution in [2.24, 2.45) is 4.40 Å². The van der Waals surface area contributed by atoms with Crippen LogP contribution < -0.4 is 0 Å². The van der Waals surface area contributed by atoms with Crippen molar-refractivity contribution < 1.29 is 12.8 Å². The van der Waals surface area contributed by atoms with Crippen molar-refractivity contribution in [1.82, 2.24) is 4.90 Å². The van der Waals surface area contributed by atoms with Crippen molar-refractivity contribution in [2.75, 3.05) is 14.1 Å². The highest BCUT2D eigenvalue weighted by Crippen LogP contribution is 2.12. The number of hydrogen-bond acceptors (Lipinski definition) is 2. The molecule has 0 N–H and O–H groups in total. The highest BCUT2D eigenvalue weighted by molar-refractivity contribution is 7.90. The number of sulfonamides is 1. The Morgan fingerprint density at radius 3 is 2.27 bits per heavy atom.